The molecule has 0 bridgehead atoms. The molecule has 0 N–H and O–H groups in total. The Balaban J connectivity index is 2.83. The first kappa shape index (κ1) is 16.8. The van der Waals surface area contributed by atoms with Crippen molar-refractivity contribution in [2.45, 2.75) is 74.1 Å². The minimum Gasteiger partial charge on any atom is -0.0811 e. The highest BCUT2D eigenvalue weighted by Gasteiger charge is 2.37. The summed E-state index contributed by atoms with van der Waals surface area (Å²) in [6.07, 6.45) is 8.14. The van der Waals surface area contributed by atoms with E-state index in [-0.39, 0.29) is 0 Å². The van der Waals surface area contributed by atoms with Crippen molar-refractivity contribution in [1.29, 1.82) is 0 Å². The molecule has 5 atom stereocenters. The lowest BCUT2D eigenvalue weighted by molar-refractivity contribution is 0.254. The average Bonchev–Trinajstić information content (AvgIpc) is 2.71. The first-order chi connectivity index (χ1) is 8.93. The van der Waals surface area contributed by atoms with E-state index in [1.807, 2.05) is 0 Å². The summed E-state index contributed by atoms with van der Waals surface area (Å²) in [6.45, 7) is 16.8. The molecule has 19 heavy (non-hydrogen) atoms. The van der Waals surface area contributed by atoms with Gasteiger partial charge in [-0.1, -0.05) is 79.4 Å². The fraction of sp³-hybridized carbons (Fsp3) is 0.895. The molecular weight excluding hydrogens is 228 g/mol. The van der Waals surface area contributed by atoms with Crippen LogP contribution in [-0.2, 0) is 0 Å². The zero-order valence-corrected chi connectivity index (χ0v) is 14.4. The van der Waals surface area contributed by atoms with Crippen molar-refractivity contribution in [2.75, 3.05) is 0 Å². The fourth-order valence-corrected chi connectivity index (χ4v) is 3.95. The van der Waals surface area contributed by atoms with Crippen LogP contribution in [0.5, 0.6) is 0 Å². The van der Waals surface area contributed by atoms with Gasteiger partial charge < -0.3 is 0 Å². The molecule has 0 saturated heterocycles. The molecular formula is C19H36. The van der Waals surface area contributed by atoms with Gasteiger partial charge in [-0.3, -0.25) is 0 Å². The van der Waals surface area contributed by atoms with Crippen LogP contribution in [0.3, 0.4) is 0 Å². The number of unbranched alkanes of at least 4 members (excludes halogenated alkanes) is 1. The molecule has 0 amide bonds. The van der Waals surface area contributed by atoms with Gasteiger partial charge in [0.15, 0.2) is 0 Å². The van der Waals surface area contributed by atoms with Crippen molar-refractivity contribution in [1.82, 2.24) is 0 Å². The second-order valence-corrected chi connectivity index (χ2v) is 7.27. The van der Waals surface area contributed by atoms with Crippen LogP contribution < -0.4 is 0 Å². The van der Waals surface area contributed by atoms with Gasteiger partial charge in [0.05, 0.1) is 0 Å². The van der Waals surface area contributed by atoms with E-state index < -0.39 is 0 Å². The van der Waals surface area contributed by atoms with E-state index in [1.165, 1.54) is 25.7 Å². The predicted octanol–water partition coefficient (Wildman–Crippen LogP) is 6.32. The lowest BCUT2D eigenvalue weighted by Gasteiger charge is -2.28. The van der Waals surface area contributed by atoms with E-state index in [2.05, 4.69) is 54.5 Å². The average molecular weight is 264 g/mol. The van der Waals surface area contributed by atoms with Crippen molar-refractivity contribution < 1.29 is 0 Å². The third-order valence-corrected chi connectivity index (χ3v) is 5.69. The molecule has 0 nitrogen and oxygen atoms in total. The summed E-state index contributed by atoms with van der Waals surface area (Å²) in [7, 11) is 0. The summed E-state index contributed by atoms with van der Waals surface area (Å²) in [5.41, 5.74) is 1.78. The SMILES string of the molecule is CCCCC(C)C1C=C(C(C)C(C)C)C(CC)C1C. The topological polar surface area (TPSA) is 0 Å². The van der Waals surface area contributed by atoms with Crippen molar-refractivity contribution >= 4 is 0 Å². The first-order valence-electron chi connectivity index (χ1n) is 8.65. The monoisotopic (exact) mass is 264 g/mol. The Bertz CT molecular complexity index is 286. The summed E-state index contributed by atoms with van der Waals surface area (Å²) >= 11 is 0. The number of rotatable bonds is 7. The first-order valence-corrected chi connectivity index (χ1v) is 8.65. The van der Waals surface area contributed by atoms with E-state index in [4.69, 9.17) is 0 Å². The molecule has 0 heterocycles. The van der Waals surface area contributed by atoms with Gasteiger partial charge in [0.25, 0.3) is 0 Å². The molecule has 0 aromatic rings. The van der Waals surface area contributed by atoms with E-state index in [0.29, 0.717) is 0 Å². The Labute approximate surface area is 122 Å². The van der Waals surface area contributed by atoms with Crippen molar-refractivity contribution in [3.63, 3.8) is 0 Å². The second kappa shape index (κ2) is 7.50. The van der Waals surface area contributed by atoms with Crippen molar-refractivity contribution in [3.8, 4) is 0 Å². The Morgan fingerprint density at radius 3 is 2.21 bits per heavy atom. The smallest absolute Gasteiger partial charge is 0.0172 e. The minimum absolute atomic E-state index is 0.760. The molecule has 1 aliphatic carbocycles. The number of hydrogen-bond acceptors (Lipinski definition) is 0. The normalized spacial score (nSPS) is 30.5. The highest BCUT2D eigenvalue weighted by molar-refractivity contribution is 5.21. The van der Waals surface area contributed by atoms with Gasteiger partial charge in [0, 0.05) is 0 Å². The summed E-state index contributed by atoms with van der Waals surface area (Å²) in [5.74, 6) is 4.92. The molecule has 0 radical (unpaired) electrons. The van der Waals surface area contributed by atoms with Crippen molar-refractivity contribution in [3.05, 3.63) is 11.6 Å². The summed E-state index contributed by atoms with van der Waals surface area (Å²) in [6, 6.07) is 0. The van der Waals surface area contributed by atoms with Gasteiger partial charge in [0.1, 0.15) is 0 Å². The lowest BCUT2D eigenvalue weighted by Crippen LogP contribution is -2.21. The van der Waals surface area contributed by atoms with E-state index in [0.717, 1.165) is 35.5 Å². The van der Waals surface area contributed by atoms with Crippen LogP contribution in [0.4, 0.5) is 0 Å². The largest absolute Gasteiger partial charge is 0.0811 e. The molecule has 5 unspecified atom stereocenters. The van der Waals surface area contributed by atoms with Crippen LogP contribution >= 0.6 is 0 Å². The van der Waals surface area contributed by atoms with E-state index >= 15 is 0 Å². The molecule has 1 aliphatic rings. The Kier molecular flexibility index (Phi) is 6.63. The Hall–Kier alpha value is -0.260. The molecule has 0 fully saturated rings. The maximum Gasteiger partial charge on any atom is -0.0172 e. The Morgan fingerprint density at radius 2 is 1.74 bits per heavy atom. The Morgan fingerprint density at radius 1 is 1.11 bits per heavy atom. The van der Waals surface area contributed by atoms with E-state index in [9.17, 15) is 0 Å². The molecule has 1 rings (SSSR count). The number of hydrogen-bond donors (Lipinski definition) is 0. The van der Waals surface area contributed by atoms with Gasteiger partial charge in [-0.15, -0.1) is 0 Å². The van der Waals surface area contributed by atoms with Crippen LogP contribution in [0.25, 0.3) is 0 Å². The molecule has 0 spiro atoms. The third-order valence-electron chi connectivity index (χ3n) is 5.69. The maximum absolute atomic E-state index is 2.68. The second-order valence-electron chi connectivity index (χ2n) is 7.27. The maximum atomic E-state index is 2.68. The summed E-state index contributed by atoms with van der Waals surface area (Å²) in [5, 5.41) is 0. The van der Waals surface area contributed by atoms with Crippen LogP contribution in [0.15, 0.2) is 11.6 Å². The molecule has 0 aromatic carbocycles. The van der Waals surface area contributed by atoms with Crippen LogP contribution in [0, 0.1) is 35.5 Å². The van der Waals surface area contributed by atoms with Gasteiger partial charge in [-0.25, -0.2) is 0 Å². The van der Waals surface area contributed by atoms with Gasteiger partial charge >= 0.3 is 0 Å². The third kappa shape index (κ3) is 3.86. The lowest BCUT2D eigenvalue weighted by atomic mass is 9.76. The highest BCUT2D eigenvalue weighted by Crippen LogP contribution is 2.46. The van der Waals surface area contributed by atoms with E-state index in [1.54, 1.807) is 5.57 Å². The predicted molar refractivity (Wildman–Crippen MR) is 87.2 cm³/mol. The summed E-state index contributed by atoms with van der Waals surface area (Å²) in [4.78, 5) is 0. The molecule has 0 saturated carbocycles. The van der Waals surface area contributed by atoms with Crippen LogP contribution in [0.1, 0.15) is 74.1 Å². The fourth-order valence-electron chi connectivity index (χ4n) is 3.95. The van der Waals surface area contributed by atoms with Gasteiger partial charge in [-0.2, -0.15) is 0 Å². The highest BCUT2D eigenvalue weighted by atomic mass is 14.4. The van der Waals surface area contributed by atoms with Crippen molar-refractivity contribution in [2.24, 2.45) is 35.5 Å². The quantitative estimate of drug-likeness (QED) is 0.472. The number of allylic oxidation sites excluding steroid dienone is 2. The standard InChI is InChI=1S/C19H36/c1-8-10-11-14(5)18-12-19(15(6)13(3)4)17(9-2)16(18)7/h12-18H,8-11H2,1-7H3. The zero-order chi connectivity index (χ0) is 14.6. The van der Waals surface area contributed by atoms with Gasteiger partial charge in [0.2, 0.25) is 0 Å². The molecule has 0 heteroatoms. The van der Waals surface area contributed by atoms with Gasteiger partial charge in [-0.05, 0) is 41.9 Å². The molecule has 0 aliphatic heterocycles. The zero-order valence-electron chi connectivity index (χ0n) is 14.4. The van der Waals surface area contributed by atoms with Crippen LogP contribution in [-0.4, -0.2) is 0 Å². The molecule has 112 valence electrons. The minimum atomic E-state index is 0.760. The van der Waals surface area contributed by atoms with Crippen LogP contribution in [0.2, 0.25) is 0 Å². The summed E-state index contributed by atoms with van der Waals surface area (Å²) < 4.78 is 0. The molecule has 0 aromatic heterocycles.